The highest BCUT2D eigenvalue weighted by atomic mass is 16.5. The van der Waals surface area contributed by atoms with Gasteiger partial charge in [-0.2, -0.15) is 5.10 Å². The first-order chi connectivity index (χ1) is 12.6. The van der Waals surface area contributed by atoms with E-state index < -0.39 is 0 Å². The van der Waals surface area contributed by atoms with Crippen LogP contribution in [0.2, 0.25) is 0 Å². The molecule has 0 unspecified atom stereocenters. The van der Waals surface area contributed by atoms with Gasteiger partial charge in [-0.05, 0) is 24.6 Å². The van der Waals surface area contributed by atoms with Gasteiger partial charge in [0.2, 0.25) is 0 Å². The van der Waals surface area contributed by atoms with Gasteiger partial charge in [0.25, 0.3) is 5.91 Å². The molecule has 0 aliphatic heterocycles. The van der Waals surface area contributed by atoms with Gasteiger partial charge in [0.15, 0.2) is 0 Å². The maximum absolute atomic E-state index is 12.5. The van der Waals surface area contributed by atoms with Crippen molar-refractivity contribution in [3.05, 3.63) is 83.7 Å². The summed E-state index contributed by atoms with van der Waals surface area (Å²) >= 11 is 0. The third-order valence-corrected chi connectivity index (χ3v) is 4.13. The molecular weight excluding hydrogens is 326 g/mol. The van der Waals surface area contributed by atoms with Gasteiger partial charge in [-0.15, -0.1) is 0 Å². The minimum Gasteiger partial charge on any atom is -0.492 e. The molecule has 0 N–H and O–H groups in total. The van der Waals surface area contributed by atoms with Crippen molar-refractivity contribution in [2.45, 2.75) is 13.5 Å². The molecule has 0 radical (unpaired) electrons. The van der Waals surface area contributed by atoms with Crippen LogP contribution in [0.15, 0.2) is 67.0 Å². The maximum atomic E-state index is 12.5. The van der Waals surface area contributed by atoms with Crippen LogP contribution < -0.4 is 4.74 Å². The highest BCUT2D eigenvalue weighted by Crippen LogP contribution is 2.11. The second kappa shape index (κ2) is 8.34. The fourth-order valence-corrected chi connectivity index (χ4v) is 2.59. The molecule has 2 aromatic carbocycles. The fraction of sp³-hybridized carbons (Fsp3) is 0.238. The summed E-state index contributed by atoms with van der Waals surface area (Å²) in [5.41, 5.74) is 2.92. The maximum Gasteiger partial charge on any atom is 0.256 e. The van der Waals surface area contributed by atoms with Crippen LogP contribution in [0, 0.1) is 6.92 Å². The van der Waals surface area contributed by atoms with Crippen LogP contribution >= 0.6 is 0 Å². The van der Waals surface area contributed by atoms with Gasteiger partial charge in [-0.25, -0.2) is 0 Å². The van der Waals surface area contributed by atoms with Crippen LogP contribution in [-0.2, 0) is 6.54 Å². The van der Waals surface area contributed by atoms with Crippen LogP contribution in [0.4, 0.5) is 0 Å². The Morgan fingerprint density at radius 3 is 2.58 bits per heavy atom. The van der Waals surface area contributed by atoms with Crippen molar-refractivity contribution in [2.24, 2.45) is 0 Å². The average molecular weight is 349 g/mol. The number of hydrogen-bond donors (Lipinski definition) is 0. The Hall–Kier alpha value is -3.08. The summed E-state index contributed by atoms with van der Waals surface area (Å²) in [6.07, 6.45) is 3.40. The minimum absolute atomic E-state index is 0.0585. The smallest absolute Gasteiger partial charge is 0.256 e. The zero-order valence-corrected chi connectivity index (χ0v) is 15.1. The summed E-state index contributed by atoms with van der Waals surface area (Å²) in [5.74, 6) is 0.754. The number of nitrogens with zero attached hydrogens (tertiary/aromatic N) is 3. The number of carbonyl (C=O) groups excluding carboxylic acids is 1. The zero-order valence-electron chi connectivity index (χ0n) is 15.1. The number of hydrogen-bond acceptors (Lipinski definition) is 3. The normalized spacial score (nSPS) is 10.5. The summed E-state index contributed by atoms with van der Waals surface area (Å²) in [6.45, 7) is 3.64. The third kappa shape index (κ3) is 4.72. The van der Waals surface area contributed by atoms with Crippen molar-refractivity contribution in [1.82, 2.24) is 14.7 Å². The van der Waals surface area contributed by atoms with Gasteiger partial charge < -0.3 is 9.64 Å². The molecular formula is C21H23N3O2. The molecule has 134 valence electrons. The number of amides is 1. The molecule has 0 saturated carbocycles. The first-order valence-corrected chi connectivity index (χ1v) is 8.63. The number of aromatic nitrogens is 2. The SMILES string of the molecule is Cc1ccc(OCCN(C)C(=O)c2cnn(Cc3ccccc3)c2)cc1. The van der Waals surface area contributed by atoms with Crippen LogP contribution in [0.25, 0.3) is 0 Å². The van der Waals surface area contributed by atoms with E-state index in [-0.39, 0.29) is 5.91 Å². The van der Waals surface area contributed by atoms with Crippen molar-refractivity contribution >= 4 is 5.91 Å². The van der Waals surface area contributed by atoms with Crippen LogP contribution in [0.5, 0.6) is 5.75 Å². The minimum atomic E-state index is -0.0585. The molecule has 0 atom stereocenters. The van der Waals surface area contributed by atoms with Gasteiger partial charge in [0.05, 0.1) is 24.8 Å². The van der Waals surface area contributed by atoms with Crippen LogP contribution in [-0.4, -0.2) is 40.8 Å². The van der Waals surface area contributed by atoms with E-state index >= 15 is 0 Å². The molecule has 0 bridgehead atoms. The summed E-state index contributed by atoms with van der Waals surface area (Å²) < 4.78 is 7.46. The lowest BCUT2D eigenvalue weighted by atomic mass is 10.2. The number of aryl methyl sites for hydroxylation is 1. The van der Waals surface area contributed by atoms with Gasteiger partial charge in [-0.1, -0.05) is 48.0 Å². The summed E-state index contributed by atoms with van der Waals surface area (Å²) in [7, 11) is 1.77. The fourth-order valence-electron chi connectivity index (χ4n) is 2.59. The molecule has 3 rings (SSSR count). The zero-order chi connectivity index (χ0) is 18.4. The van der Waals surface area contributed by atoms with Crippen LogP contribution in [0.3, 0.4) is 0 Å². The van der Waals surface area contributed by atoms with Crippen molar-refractivity contribution in [1.29, 1.82) is 0 Å². The van der Waals surface area contributed by atoms with E-state index in [4.69, 9.17) is 4.74 Å². The van der Waals surface area contributed by atoms with Gasteiger partial charge in [0.1, 0.15) is 12.4 Å². The van der Waals surface area contributed by atoms with Crippen molar-refractivity contribution in [2.75, 3.05) is 20.2 Å². The van der Waals surface area contributed by atoms with Crippen molar-refractivity contribution in [3.63, 3.8) is 0 Å². The van der Waals surface area contributed by atoms with E-state index in [1.165, 1.54) is 5.56 Å². The lowest BCUT2D eigenvalue weighted by molar-refractivity contribution is 0.0773. The second-order valence-corrected chi connectivity index (χ2v) is 6.30. The Bertz CT molecular complexity index is 841. The predicted molar refractivity (Wildman–Crippen MR) is 101 cm³/mol. The summed E-state index contributed by atoms with van der Waals surface area (Å²) in [6, 6.07) is 17.9. The Morgan fingerprint density at radius 1 is 1.12 bits per heavy atom. The number of ether oxygens (including phenoxy) is 1. The first-order valence-electron chi connectivity index (χ1n) is 8.63. The molecule has 3 aromatic rings. The molecule has 0 saturated heterocycles. The highest BCUT2D eigenvalue weighted by Gasteiger charge is 2.14. The summed E-state index contributed by atoms with van der Waals surface area (Å²) in [4.78, 5) is 14.2. The lowest BCUT2D eigenvalue weighted by Crippen LogP contribution is -2.30. The second-order valence-electron chi connectivity index (χ2n) is 6.30. The van der Waals surface area contributed by atoms with E-state index in [0.717, 1.165) is 11.3 Å². The van der Waals surface area contributed by atoms with E-state index in [1.54, 1.807) is 29.0 Å². The number of likely N-dealkylation sites (N-methyl/N-ethyl adjacent to an activating group) is 1. The van der Waals surface area contributed by atoms with Crippen molar-refractivity contribution < 1.29 is 9.53 Å². The Labute approximate surface area is 153 Å². The van der Waals surface area contributed by atoms with E-state index in [1.807, 2.05) is 61.5 Å². The largest absolute Gasteiger partial charge is 0.492 e. The molecule has 0 spiro atoms. The number of carbonyl (C=O) groups is 1. The molecule has 0 fully saturated rings. The quantitative estimate of drug-likeness (QED) is 0.657. The van der Waals surface area contributed by atoms with E-state index in [9.17, 15) is 4.79 Å². The molecule has 1 aromatic heterocycles. The molecule has 1 heterocycles. The molecule has 1 amide bonds. The van der Waals surface area contributed by atoms with Crippen molar-refractivity contribution in [3.8, 4) is 5.75 Å². The standard InChI is InChI=1S/C21H23N3O2/c1-17-8-10-20(11-9-17)26-13-12-23(2)21(25)19-14-22-24(16-19)15-18-6-4-3-5-7-18/h3-11,14,16H,12-13,15H2,1-2H3. The Kier molecular flexibility index (Phi) is 5.69. The van der Waals surface area contributed by atoms with E-state index in [0.29, 0.717) is 25.3 Å². The molecule has 0 aliphatic rings. The number of rotatable bonds is 7. The monoisotopic (exact) mass is 349 g/mol. The summed E-state index contributed by atoms with van der Waals surface area (Å²) in [5, 5.41) is 4.29. The first kappa shape index (κ1) is 17.7. The lowest BCUT2D eigenvalue weighted by Gasteiger charge is -2.16. The molecule has 26 heavy (non-hydrogen) atoms. The highest BCUT2D eigenvalue weighted by molar-refractivity contribution is 5.93. The molecule has 5 heteroatoms. The molecule has 0 aliphatic carbocycles. The molecule has 5 nitrogen and oxygen atoms in total. The Balaban J connectivity index is 1.51. The van der Waals surface area contributed by atoms with E-state index in [2.05, 4.69) is 5.10 Å². The van der Waals surface area contributed by atoms with Gasteiger partial charge >= 0.3 is 0 Å². The predicted octanol–water partition coefficient (Wildman–Crippen LogP) is 3.39. The van der Waals surface area contributed by atoms with Gasteiger partial charge in [-0.3, -0.25) is 9.48 Å². The number of benzene rings is 2. The third-order valence-electron chi connectivity index (χ3n) is 4.13. The van der Waals surface area contributed by atoms with Gasteiger partial charge in [0, 0.05) is 13.2 Å². The Morgan fingerprint density at radius 2 is 1.85 bits per heavy atom. The van der Waals surface area contributed by atoms with Crippen LogP contribution in [0.1, 0.15) is 21.5 Å². The topological polar surface area (TPSA) is 47.4 Å². The average Bonchev–Trinajstić information content (AvgIpc) is 3.12.